The number of nitrogens with one attached hydrogen (secondary N) is 1. The molecule has 6 nitrogen and oxygen atoms in total. The molecule has 1 atom stereocenters. The zero-order valence-corrected chi connectivity index (χ0v) is 19.2. The average molecular weight is 482 g/mol. The largest absolute Gasteiger partial charge is 0.381 e. The first-order valence-electron chi connectivity index (χ1n) is 10.1. The molecule has 2 aliphatic rings. The third kappa shape index (κ3) is 9.19. The van der Waals surface area contributed by atoms with Crippen molar-refractivity contribution in [3.05, 3.63) is 0 Å². The minimum absolute atomic E-state index is 0. The summed E-state index contributed by atoms with van der Waals surface area (Å²) >= 11 is 0. The van der Waals surface area contributed by atoms with Crippen LogP contribution in [0.2, 0.25) is 0 Å². The van der Waals surface area contributed by atoms with Crippen LogP contribution in [0.15, 0.2) is 4.99 Å². The SMILES string of the molecule is CCNC(=NCC(C)CN1CCOCC1)N(C)CCC1CCOCC1.I. The van der Waals surface area contributed by atoms with Gasteiger partial charge in [0.2, 0.25) is 0 Å². The third-order valence-electron chi connectivity index (χ3n) is 5.14. The lowest BCUT2D eigenvalue weighted by Gasteiger charge is -2.29. The molecule has 0 aliphatic carbocycles. The van der Waals surface area contributed by atoms with E-state index in [0.29, 0.717) is 5.92 Å². The Morgan fingerprint density at radius 1 is 1.19 bits per heavy atom. The topological polar surface area (TPSA) is 49.3 Å². The molecule has 2 aliphatic heterocycles. The molecular formula is C19H39IN4O2. The molecule has 0 amide bonds. The van der Waals surface area contributed by atoms with Gasteiger partial charge < -0.3 is 19.7 Å². The Labute approximate surface area is 177 Å². The van der Waals surface area contributed by atoms with Crippen molar-refractivity contribution in [1.82, 2.24) is 15.1 Å². The van der Waals surface area contributed by atoms with Crippen molar-refractivity contribution in [3.8, 4) is 0 Å². The fourth-order valence-electron chi connectivity index (χ4n) is 3.51. The average Bonchev–Trinajstić information content (AvgIpc) is 2.65. The molecule has 2 saturated heterocycles. The highest BCUT2D eigenvalue weighted by Crippen LogP contribution is 2.18. The van der Waals surface area contributed by atoms with E-state index in [0.717, 1.165) is 77.6 Å². The molecule has 2 rings (SSSR count). The lowest BCUT2D eigenvalue weighted by molar-refractivity contribution is 0.0323. The van der Waals surface area contributed by atoms with Crippen molar-refractivity contribution >= 4 is 29.9 Å². The van der Waals surface area contributed by atoms with E-state index < -0.39 is 0 Å². The molecule has 7 heteroatoms. The normalized spacial score (nSPS) is 21.1. The summed E-state index contributed by atoms with van der Waals surface area (Å²) in [5.41, 5.74) is 0. The summed E-state index contributed by atoms with van der Waals surface area (Å²) in [5.74, 6) is 2.42. The van der Waals surface area contributed by atoms with Gasteiger partial charge in [0.25, 0.3) is 0 Å². The van der Waals surface area contributed by atoms with Gasteiger partial charge in [0.05, 0.1) is 13.2 Å². The summed E-state index contributed by atoms with van der Waals surface area (Å²) in [7, 11) is 2.16. The van der Waals surface area contributed by atoms with Crippen LogP contribution in [0.1, 0.15) is 33.1 Å². The molecule has 0 aromatic carbocycles. The van der Waals surface area contributed by atoms with Crippen LogP contribution in [0.4, 0.5) is 0 Å². The van der Waals surface area contributed by atoms with Crippen LogP contribution in [0.5, 0.6) is 0 Å². The van der Waals surface area contributed by atoms with Gasteiger partial charge in [-0.2, -0.15) is 0 Å². The lowest BCUT2D eigenvalue weighted by Crippen LogP contribution is -2.41. The number of halogens is 1. The summed E-state index contributed by atoms with van der Waals surface area (Å²) in [5, 5.41) is 3.45. The van der Waals surface area contributed by atoms with Crippen LogP contribution >= 0.6 is 24.0 Å². The Balaban J connectivity index is 0.00000338. The number of aliphatic imine (C=N–C) groups is 1. The zero-order valence-electron chi connectivity index (χ0n) is 16.9. The molecule has 0 saturated carbocycles. The summed E-state index contributed by atoms with van der Waals surface area (Å²) in [6, 6.07) is 0. The van der Waals surface area contributed by atoms with Crippen LogP contribution < -0.4 is 5.32 Å². The van der Waals surface area contributed by atoms with Crippen molar-refractivity contribution in [3.63, 3.8) is 0 Å². The molecular weight excluding hydrogens is 443 g/mol. The summed E-state index contributed by atoms with van der Waals surface area (Å²) < 4.78 is 10.9. The zero-order chi connectivity index (χ0) is 17.9. The van der Waals surface area contributed by atoms with Crippen LogP contribution in [0.25, 0.3) is 0 Å². The smallest absolute Gasteiger partial charge is 0.193 e. The van der Waals surface area contributed by atoms with Gasteiger partial charge in [0, 0.05) is 59.5 Å². The van der Waals surface area contributed by atoms with Crippen molar-refractivity contribution < 1.29 is 9.47 Å². The predicted octanol–water partition coefficient (Wildman–Crippen LogP) is 2.29. The minimum atomic E-state index is 0. The summed E-state index contributed by atoms with van der Waals surface area (Å²) in [4.78, 5) is 9.68. The highest BCUT2D eigenvalue weighted by molar-refractivity contribution is 14.0. The second-order valence-electron chi connectivity index (χ2n) is 7.48. The summed E-state index contributed by atoms with van der Waals surface area (Å²) in [6.07, 6.45) is 3.64. The van der Waals surface area contributed by atoms with Gasteiger partial charge in [-0.15, -0.1) is 24.0 Å². The van der Waals surface area contributed by atoms with Gasteiger partial charge in [-0.3, -0.25) is 9.89 Å². The first kappa shape index (κ1) is 23.9. The van der Waals surface area contributed by atoms with Crippen LogP contribution in [0, 0.1) is 11.8 Å². The second-order valence-corrected chi connectivity index (χ2v) is 7.48. The number of hydrogen-bond donors (Lipinski definition) is 1. The Kier molecular flexibility index (Phi) is 12.8. The maximum absolute atomic E-state index is 5.46. The van der Waals surface area contributed by atoms with E-state index in [1.165, 1.54) is 19.3 Å². The molecule has 26 heavy (non-hydrogen) atoms. The fourth-order valence-corrected chi connectivity index (χ4v) is 3.51. The number of morpholine rings is 1. The van der Waals surface area contributed by atoms with Gasteiger partial charge in [0.15, 0.2) is 5.96 Å². The monoisotopic (exact) mass is 482 g/mol. The van der Waals surface area contributed by atoms with E-state index in [1.54, 1.807) is 0 Å². The first-order chi connectivity index (χ1) is 12.2. The van der Waals surface area contributed by atoms with Gasteiger partial charge in [-0.05, 0) is 38.0 Å². The number of rotatable bonds is 8. The van der Waals surface area contributed by atoms with E-state index >= 15 is 0 Å². The van der Waals surface area contributed by atoms with Crippen molar-refractivity contribution in [2.75, 3.05) is 72.7 Å². The number of ether oxygens (including phenoxy) is 2. The molecule has 154 valence electrons. The van der Waals surface area contributed by atoms with E-state index in [1.807, 2.05) is 0 Å². The van der Waals surface area contributed by atoms with E-state index in [9.17, 15) is 0 Å². The Morgan fingerprint density at radius 2 is 1.85 bits per heavy atom. The molecule has 0 aromatic rings. The first-order valence-corrected chi connectivity index (χ1v) is 10.1. The quantitative estimate of drug-likeness (QED) is 0.327. The maximum atomic E-state index is 5.46. The van der Waals surface area contributed by atoms with Gasteiger partial charge in [-0.25, -0.2) is 0 Å². The number of nitrogens with zero attached hydrogens (tertiary/aromatic N) is 3. The molecule has 2 fully saturated rings. The second kappa shape index (κ2) is 14.0. The van der Waals surface area contributed by atoms with Crippen molar-refractivity contribution in [2.24, 2.45) is 16.8 Å². The van der Waals surface area contributed by atoms with Crippen molar-refractivity contribution in [2.45, 2.75) is 33.1 Å². The Bertz CT molecular complexity index is 386. The standard InChI is InChI=1S/C19H38N4O2.HI/c1-4-20-19(22(3)8-5-18-6-11-24-12-7-18)21-15-17(2)16-23-9-13-25-14-10-23;/h17-18H,4-16H2,1-3H3,(H,20,21);1H. The molecule has 0 bridgehead atoms. The van der Waals surface area contributed by atoms with Gasteiger partial charge >= 0.3 is 0 Å². The van der Waals surface area contributed by atoms with Gasteiger partial charge in [-0.1, -0.05) is 6.92 Å². The van der Waals surface area contributed by atoms with Crippen molar-refractivity contribution in [1.29, 1.82) is 0 Å². The minimum Gasteiger partial charge on any atom is -0.381 e. The summed E-state index contributed by atoms with van der Waals surface area (Å²) in [6.45, 7) is 14.1. The number of hydrogen-bond acceptors (Lipinski definition) is 4. The molecule has 0 spiro atoms. The predicted molar refractivity (Wildman–Crippen MR) is 119 cm³/mol. The maximum Gasteiger partial charge on any atom is 0.193 e. The molecule has 1 unspecified atom stereocenters. The molecule has 2 heterocycles. The highest BCUT2D eigenvalue weighted by Gasteiger charge is 2.16. The van der Waals surface area contributed by atoms with Crippen LogP contribution in [0.3, 0.4) is 0 Å². The Morgan fingerprint density at radius 3 is 2.50 bits per heavy atom. The van der Waals surface area contributed by atoms with Gasteiger partial charge in [0.1, 0.15) is 0 Å². The lowest BCUT2D eigenvalue weighted by atomic mass is 9.96. The number of guanidine groups is 1. The van der Waals surface area contributed by atoms with E-state index in [-0.39, 0.29) is 24.0 Å². The molecule has 0 radical (unpaired) electrons. The van der Waals surface area contributed by atoms with Crippen LogP contribution in [-0.4, -0.2) is 88.5 Å². The molecule has 0 aromatic heterocycles. The Hall–Kier alpha value is -0.120. The van der Waals surface area contributed by atoms with Crippen LogP contribution in [-0.2, 0) is 9.47 Å². The highest BCUT2D eigenvalue weighted by atomic mass is 127. The van der Waals surface area contributed by atoms with E-state index in [2.05, 4.69) is 36.0 Å². The fraction of sp³-hybridized carbons (Fsp3) is 0.947. The van der Waals surface area contributed by atoms with E-state index in [4.69, 9.17) is 14.5 Å². The molecule has 1 N–H and O–H groups in total. The third-order valence-corrected chi connectivity index (χ3v) is 5.14.